The normalized spacial score (nSPS) is 22.8. The number of phenols is 1. The van der Waals surface area contributed by atoms with E-state index >= 15 is 0 Å². The maximum atomic E-state index is 15.0. The third-order valence-electron chi connectivity index (χ3n) is 12.4. The number of benzene rings is 3. The Kier molecular flexibility index (Phi) is 23.4. The van der Waals surface area contributed by atoms with Gasteiger partial charge in [0.25, 0.3) is 11.8 Å². The number of nitrogens with zero attached hydrogens (tertiary/aromatic N) is 1. The first kappa shape index (κ1) is 59.9. The zero-order valence-electron chi connectivity index (χ0n) is 43.3. The molecule has 0 radical (unpaired) electrons. The molecule has 0 spiro atoms. The zero-order valence-corrected chi connectivity index (χ0v) is 43.3. The van der Waals surface area contributed by atoms with Crippen molar-refractivity contribution in [3.8, 4) is 5.75 Å². The number of cyclic esters (lactones) is 1. The molecule has 0 bridgehead atoms. The highest BCUT2D eigenvalue weighted by Gasteiger charge is 2.39. The molecule has 1 saturated heterocycles. The second kappa shape index (κ2) is 29.3. The van der Waals surface area contributed by atoms with Crippen LogP contribution in [0.3, 0.4) is 0 Å². The average Bonchev–Trinajstić information content (AvgIpc) is 3.36. The number of carbonyl (C=O) groups is 9. The summed E-state index contributed by atoms with van der Waals surface area (Å²) in [5.41, 5.74) is 7.87. The van der Waals surface area contributed by atoms with Gasteiger partial charge in [-0.15, -0.1) is 0 Å². The minimum absolute atomic E-state index is 0.0111. The van der Waals surface area contributed by atoms with Crippen molar-refractivity contribution in [2.45, 2.75) is 141 Å². The van der Waals surface area contributed by atoms with E-state index in [0.717, 1.165) is 48.6 Å². The highest BCUT2D eigenvalue weighted by atomic mass is 16.5. The maximum Gasteiger partial charge on any atom is 0.331 e. The van der Waals surface area contributed by atoms with Gasteiger partial charge in [-0.2, -0.15) is 0 Å². The number of amides is 8. The van der Waals surface area contributed by atoms with Gasteiger partial charge in [-0.25, -0.2) is 4.79 Å². The van der Waals surface area contributed by atoms with Crippen molar-refractivity contribution in [1.29, 1.82) is 0 Å². The van der Waals surface area contributed by atoms with Gasteiger partial charge < -0.3 is 62.6 Å². The number of aromatic hydroxyl groups is 1. The van der Waals surface area contributed by atoms with E-state index in [2.05, 4.69) is 38.8 Å². The molecular weight excluding hydrogens is 969 g/mol. The largest absolute Gasteiger partial charge is 0.508 e. The fourth-order valence-electron chi connectivity index (χ4n) is 8.24. The molecule has 1 aliphatic heterocycles. The Hall–Kier alpha value is -7.65. The monoisotopic (exact) mass is 1040 g/mol. The van der Waals surface area contributed by atoms with Crippen molar-refractivity contribution in [3.05, 3.63) is 107 Å². The summed E-state index contributed by atoms with van der Waals surface area (Å²) < 4.78 is 5.67. The number of nitrogens with one attached hydrogen (secondary N) is 6. The first-order chi connectivity index (χ1) is 35.6. The molecule has 8 amide bonds. The minimum atomic E-state index is -1.92. The number of aryl methyl sites for hydroxylation is 2. The molecule has 75 heavy (non-hydrogen) atoms. The van der Waals surface area contributed by atoms with Gasteiger partial charge in [-0.3, -0.25) is 38.4 Å². The molecule has 0 aliphatic carbocycles. The van der Waals surface area contributed by atoms with Crippen LogP contribution in [0, 0.1) is 5.92 Å². The third kappa shape index (κ3) is 18.7. The Morgan fingerprint density at radius 1 is 0.760 bits per heavy atom. The minimum Gasteiger partial charge on any atom is -0.508 e. The Labute approximate surface area is 436 Å². The lowest BCUT2D eigenvalue weighted by Gasteiger charge is -2.31. The van der Waals surface area contributed by atoms with Gasteiger partial charge in [0.05, 0.1) is 19.1 Å². The standard InChI is InChI=1S/C54H72N8O13/c1-7-8-10-17-36-18-13-14-19-37(36)22-25-45(67)60-47-33(5)75-54(74)42(30-63)59-49(69)41(29-44(55)66)58-52(72)46(32(4)64)61-50(70)40(27-34-15-11-9-12-16-34)56-48(68)39(26-31(2)3)57-51(71)43(62(6)53(47)73)28-35-20-23-38(65)24-21-35/h9,11-16,18-21,23-24,28,31-33,39-42,46-47,63-65H,7-8,10,17,22,25-27,29-30H2,1-6H3,(H2,55,66)(H,56,68)(H,57,71)(H,58,72)(H,59,69)(H,60,67)(H,61,70)/b43-28-/t32-,33+,39?,40+,41?,42-,46-,47-/m0/s1. The molecule has 4 rings (SSSR count). The first-order valence-corrected chi connectivity index (χ1v) is 25.1. The van der Waals surface area contributed by atoms with Crippen LogP contribution in [0.15, 0.2) is 84.6 Å². The van der Waals surface area contributed by atoms with E-state index < -0.39 is 120 Å². The smallest absolute Gasteiger partial charge is 0.331 e. The zero-order chi connectivity index (χ0) is 55.4. The van der Waals surface area contributed by atoms with E-state index in [-0.39, 0.29) is 37.4 Å². The molecule has 11 N–H and O–H groups in total. The van der Waals surface area contributed by atoms with Crippen LogP contribution < -0.4 is 37.6 Å². The maximum absolute atomic E-state index is 15.0. The highest BCUT2D eigenvalue weighted by molar-refractivity contribution is 6.05. The van der Waals surface area contributed by atoms with Crippen LogP contribution >= 0.6 is 0 Å². The summed E-state index contributed by atoms with van der Waals surface area (Å²) in [6.45, 7) is 6.94. The lowest BCUT2D eigenvalue weighted by Crippen LogP contribution is -2.62. The second-order valence-electron chi connectivity index (χ2n) is 19.0. The third-order valence-corrected chi connectivity index (χ3v) is 12.4. The number of nitrogens with two attached hydrogens (primary N) is 1. The lowest BCUT2D eigenvalue weighted by atomic mass is 9.98. The molecule has 2 unspecified atom stereocenters. The number of likely N-dealkylation sites (N-methyl/N-ethyl adjacent to an activating group) is 1. The Balaban J connectivity index is 1.87. The summed E-state index contributed by atoms with van der Waals surface area (Å²) in [7, 11) is 1.22. The molecule has 1 heterocycles. The number of carbonyl (C=O) groups excluding carboxylic acids is 9. The van der Waals surface area contributed by atoms with Crippen molar-refractivity contribution in [3.63, 3.8) is 0 Å². The van der Waals surface area contributed by atoms with Crippen LogP contribution in [0.5, 0.6) is 5.75 Å². The van der Waals surface area contributed by atoms with Gasteiger partial charge in [-0.05, 0) is 85.9 Å². The van der Waals surface area contributed by atoms with E-state index in [1.165, 1.54) is 44.3 Å². The molecule has 21 heteroatoms. The summed E-state index contributed by atoms with van der Waals surface area (Å²) in [5.74, 6) is -9.73. The number of hydrogen-bond donors (Lipinski definition) is 10. The van der Waals surface area contributed by atoms with Crippen molar-refractivity contribution < 1.29 is 63.2 Å². The molecule has 1 fully saturated rings. The van der Waals surface area contributed by atoms with Crippen molar-refractivity contribution in [2.24, 2.45) is 11.7 Å². The SMILES string of the molecule is CCCCCc1ccccc1CCC(=O)N[C@@H]1C(=O)N(C)/C(=C\c2ccc(O)cc2)C(=O)NC(CC(C)C)C(=O)N[C@H](Cc2ccccc2)C(=O)N[C@@H]([C@H](C)O)C(=O)NC(CC(N)=O)C(=O)N[C@@H](CO)C(=O)O[C@@H]1C. The van der Waals surface area contributed by atoms with Gasteiger partial charge in [0.15, 0.2) is 6.04 Å². The molecule has 0 saturated carbocycles. The number of esters is 1. The number of phenolic OH excluding ortho intramolecular Hbond substituents is 1. The van der Waals surface area contributed by atoms with Gasteiger partial charge in [0.1, 0.15) is 47.8 Å². The number of aliphatic hydroxyl groups excluding tert-OH is 2. The molecule has 3 aromatic rings. The van der Waals surface area contributed by atoms with Crippen molar-refractivity contribution >= 4 is 59.3 Å². The summed E-state index contributed by atoms with van der Waals surface area (Å²) in [6.07, 6.45) is 0.863. The Morgan fingerprint density at radius 2 is 1.35 bits per heavy atom. The fraction of sp³-hybridized carbons (Fsp3) is 0.463. The molecule has 21 nitrogen and oxygen atoms in total. The number of hydrogen-bond acceptors (Lipinski definition) is 13. The van der Waals surface area contributed by atoms with Crippen LogP contribution in [0.4, 0.5) is 0 Å². The predicted octanol–water partition coefficient (Wildman–Crippen LogP) is 0.948. The number of ether oxygens (including phenoxy) is 1. The van der Waals surface area contributed by atoms with E-state index in [1.54, 1.807) is 44.2 Å². The number of rotatable bonds is 17. The molecule has 1 aliphatic rings. The van der Waals surface area contributed by atoms with Crippen LogP contribution in [0.25, 0.3) is 6.08 Å². The summed E-state index contributed by atoms with van der Waals surface area (Å²) >= 11 is 0. The van der Waals surface area contributed by atoms with Crippen LogP contribution in [-0.4, -0.2) is 136 Å². The summed E-state index contributed by atoms with van der Waals surface area (Å²) in [5, 5.41) is 46.2. The number of primary amides is 1. The Morgan fingerprint density at radius 3 is 1.95 bits per heavy atom. The summed E-state index contributed by atoms with van der Waals surface area (Å²) in [4.78, 5) is 127. The van der Waals surface area contributed by atoms with Gasteiger partial charge in [0, 0.05) is 19.9 Å². The number of unbranched alkanes of at least 4 members (excludes halogenated alkanes) is 2. The quantitative estimate of drug-likeness (QED) is 0.0512. The van der Waals surface area contributed by atoms with Crippen molar-refractivity contribution in [2.75, 3.05) is 13.7 Å². The van der Waals surface area contributed by atoms with Gasteiger partial charge >= 0.3 is 5.97 Å². The fourth-order valence-corrected chi connectivity index (χ4v) is 8.24. The topological polar surface area (TPSA) is 325 Å². The van der Waals surface area contributed by atoms with Crippen LogP contribution in [0.1, 0.15) is 95.4 Å². The lowest BCUT2D eigenvalue weighted by molar-refractivity contribution is -0.158. The molecule has 8 atom stereocenters. The van der Waals surface area contributed by atoms with E-state index in [9.17, 15) is 58.5 Å². The van der Waals surface area contributed by atoms with Gasteiger partial charge in [0.2, 0.25) is 35.4 Å². The molecule has 406 valence electrons. The molecule has 0 aromatic heterocycles. The second-order valence-corrected chi connectivity index (χ2v) is 19.0. The van der Waals surface area contributed by atoms with Crippen LogP contribution in [-0.2, 0) is 67.2 Å². The number of aliphatic hydroxyl groups is 2. The average molecular weight is 1040 g/mol. The molecule has 3 aromatic carbocycles. The summed E-state index contributed by atoms with van der Waals surface area (Å²) in [6, 6.07) is 11.4. The van der Waals surface area contributed by atoms with Gasteiger partial charge in [-0.1, -0.05) is 100 Å². The van der Waals surface area contributed by atoms with Crippen LogP contribution in [0.2, 0.25) is 0 Å². The Bertz CT molecular complexity index is 2500. The van der Waals surface area contributed by atoms with E-state index in [0.29, 0.717) is 11.1 Å². The molecular formula is C54H72N8O13. The first-order valence-electron chi connectivity index (χ1n) is 25.1. The van der Waals surface area contributed by atoms with Crippen molar-refractivity contribution in [1.82, 2.24) is 36.8 Å². The predicted molar refractivity (Wildman–Crippen MR) is 276 cm³/mol. The van der Waals surface area contributed by atoms with E-state index in [1.807, 2.05) is 24.3 Å². The highest BCUT2D eigenvalue weighted by Crippen LogP contribution is 2.20. The van der Waals surface area contributed by atoms with E-state index in [4.69, 9.17) is 10.5 Å².